The molecule has 0 spiro atoms. The second-order valence-electron chi connectivity index (χ2n) is 7.57. The first-order chi connectivity index (χ1) is 17.3. The molecule has 0 bridgehead atoms. The molecule has 0 unspecified atom stereocenters. The summed E-state index contributed by atoms with van der Waals surface area (Å²) in [6, 6.07) is 16.5. The van der Waals surface area contributed by atoms with Gasteiger partial charge in [0, 0.05) is 0 Å². The molecule has 4 aromatic carbocycles. The van der Waals surface area contributed by atoms with E-state index in [1.165, 1.54) is 54.6 Å². The van der Waals surface area contributed by atoms with Gasteiger partial charge in [-0.25, -0.2) is 25.3 Å². The third kappa shape index (κ3) is 6.22. The third-order valence-electron chi connectivity index (χ3n) is 5.05. The van der Waals surface area contributed by atoms with Crippen molar-refractivity contribution in [3.8, 4) is 5.75 Å². The van der Waals surface area contributed by atoms with E-state index < -0.39 is 45.7 Å². The Labute approximate surface area is 240 Å². The van der Waals surface area contributed by atoms with Crippen molar-refractivity contribution in [2.75, 3.05) is 5.73 Å². The van der Waals surface area contributed by atoms with Crippen molar-refractivity contribution < 1.29 is 64.5 Å². The van der Waals surface area contributed by atoms with Gasteiger partial charge in [-0.1, -0.05) is 36.4 Å². The fraction of sp³-hybridized carbons (Fsp3) is 0. The summed E-state index contributed by atoms with van der Waals surface area (Å²) in [6.45, 7) is 0. The van der Waals surface area contributed by atoms with E-state index in [1.54, 1.807) is 10.2 Å². The van der Waals surface area contributed by atoms with Crippen LogP contribution in [0.5, 0.6) is 5.75 Å². The maximum absolute atomic E-state index is 13.0. The van der Waals surface area contributed by atoms with Crippen LogP contribution in [0, 0.1) is 0 Å². The Bertz CT molecular complexity index is 1880. The topological polar surface area (TPSA) is 208 Å². The van der Waals surface area contributed by atoms with Gasteiger partial charge in [0.15, 0.2) is 0 Å². The first kappa shape index (κ1) is 29.7. The van der Waals surface area contributed by atoms with Gasteiger partial charge >= 0.3 is 29.6 Å². The summed E-state index contributed by atoms with van der Waals surface area (Å²) in [5.41, 5.74) is 5.56. The van der Waals surface area contributed by atoms with Crippen molar-refractivity contribution in [3.05, 3.63) is 78.9 Å². The number of nitrogen functional groups attached to an aromatic ring is 1. The predicted molar refractivity (Wildman–Crippen MR) is 133 cm³/mol. The van der Waals surface area contributed by atoms with Crippen molar-refractivity contribution in [1.82, 2.24) is 4.13 Å². The first-order valence-corrected chi connectivity index (χ1v) is 14.5. The Morgan fingerprint density at radius 3 is 2.05 bits per heavy atom. The fourth-order valence-corrected chi connectivity index (χ4v) is 6.96. The van der Waals surface area contributed by atoms with Crippen LogP contribution in [0.2, 0.25) is 0 Å². The van der Waals surface area contributed by atoms with E-state index in [9.17, 15) is 34.9 Å². The van der Waals surface area contributed by atoms with Gasteiger partial charge in [-0.3, -0.25) is 0 Å². The van der Waals surface area contributed by atoms with Gasteiger partial charge in [0.05, 0.1) is 20.9 Å². The van der Waals surface area contributed by atoms with Crippen LogP contribution in [0.4, 0.5) is 17.1 Å². The minimum Gasteiger partial charge on any atom is -0.744 e. The molecular formula is C22H17N4NaO8S3. The molecule has 0 saturated carbocycles. The molecule has 0 amide bonds. The second-order valence-corrected chi connectivity index (χ2v) is 12.5. The molecule has 192 valence electrons. The largest absolute Gasteiger partial charge is 1.00 e. The maximum atomic E-state index is 13.0. The number of phenols is 1. The second kappa shape index (κ2) is 11.1. The number of hydrogen-bond donors (Lipinski definition) is 3. The van der Waals surface area contributed by atoms with Gasteiger partial charge in [0.25, 0.3) is 20.0 Å². The van der Waals surface area contributed by atoms with E-state index in [4.69, 9.17) is 5.73 Å². The van der Waals surface area contributed by atoms with Gasteiger partial charge in [-0.15, -0.1) is 14.4 Å². The van der Waals surface area contributed by atoms with Crippen LogP contribution in [0.15, 0.2) is 104 Å². The minimum absolute atomic E-state index is 0. The molecule has 12 nitrogen and oxygen atoms in total. The number of hydrogen-bond acceptors (Lipinski definition) is 11. The average molecular weight is 585 g/mol. The van der Waals surface area contributed by atoms with Crippen molar-refractivity contribution >= 4 is 58.0 Å². The molecule has 16 heteroatoms. The number of benzene rings is 4. The Balaban J connectivity index is 0.00000400. The van der Waals surface area contributed by atoms with Crippen LogP contribution >= 0.6 is 0 Å². The molecule has 0 atom stereocenters. The first-order valence-electron chi connectivity index (χ1n) is 10.2. The molecule has 0 heterocycles. The number of phenolic OH excluding ortho intramolecular Hbond substituents is 1. The number of fused-ring (bicyclic) bond motifs is 1. The summed E-state index contributed by atoms with van der Waals surface area (Å²) >= 11 is 0. The Morgan fingerprint density at radius 1 is 0.763 bits per heavy atom. The Morgan fingerprint density at radius 2 is 1.39 bits per heavy atom. The molecule has 4 N–H and O–H groups in total. The van der Waals surface area contributed by atoms with Crippen molar-refractivity contribution in [2.24, 2.45) is 10.2 Å². The minimum atomic E-state index is -4.87. The number of rotatable bonds is 7. The predicted octanol–water partition coefficient (Wildman–Crippen LogP) is 0.118. The van der Waals surface area contributed by atoms with Crippen LogP contribution in [0.25, 0.3) is 10.8 Å². The molecule has 0 aliphatic rings. The molecule has 0 radical (unpaired) electrons. The van der Waals surface area contributed by atoms with Crippen LogP contribution < -0.4 is 39.4 Å². The van der Waals surface area contributed by atoms with Crippen LogP contribution in [0.3, 0.4) is 0 Å². The zero-order valence-corrected chi connectivity index (χ0v) is 24.0. The summed E-state index contributed by atoms with van der Waals surface area (Å²) in [5, 5.41) is 18.3. The third-order valence-corrected chi connectivity index (χ3v) is 9.43. The van der Waals surface area contributed by atoms with Gasteiger partial charge < -0.3 is 15.4 Å². The van der Waals surface area contributed by atoms with E-state index in [0.29, 0.717) is 0 Å². The van der Waals surface area contributed by atoms with E-state index in [0.717, 1.165) is 18.2 Å². The average Bonchev–Trinajstić information content (AvgIpc) is 2.83. The van der Waals surface area contributed by atoms with E-state index in [-0.39, 0.29) is 62.3 Å². The number of nitrogens with one attached hydrogen (secondary N) is 1. The van der Waals surface area contributed by atoms with Crippen LogP contribution in [-0.2, 0) is 30.2 Å². The zero-order chi connectivity index (χ0) is 27.0. The van der Waals surface area contributed by atoms with Gasteiger partial charge in [0.2, 0.25) is 0 Å². The number of sulfonamides is 2. The fourth-order valence-electron chi connectivity index (χ4n) is 3.37. The van der Waals surface area contributed by atoms with Crippen molar-refractivity contribution in [3.63, 3.8) is 0 Å². The molecule has 4 rings (SSSR count). The molecule has 0 fully saturated rings. The van der Waals surface area contributed by atoms with Crippen molar-refractivity contribution in [1.29, 1.82) is 0 Å². The maximum Gasteiger partial charge on any atom is 1.00 e. The van der Waals surface area contributed by atoms with Crippen LogP contribution in [-0.4, -0.2) is 34.9 Å². The van der Waals surface area contributed by atoms with Gasteiger partial charge in [-0.05, 0) is 47.9 Å². The van der Waals surface area contributed by atoms with Crippen LogP contribution in [0.1, 0.15) is 0 Å². The molecule has 38 heavy (non-hydrogen) atoms. The zero-order valence-electron chi connectivity index (χ0n) is 19.5. The number of azo groups is 1. The Hall–Kier alpha value is -2.89. The monoisotopic (exact) mass is 584 g/mol. The smallest absolute Gasteiger partial charge is 0.744 e. The quantitative estimate of drug-likeness (QED) is 0.116. The van der Waals surface area contributed by atoms with Gasteiger partial charge in [0.1, 0.15) is 32.1 Å². The van der Waals surface area contributed by atoms with E-state index >= 15 is 0 Å². The SMILES string of the molecule is Nc1ccc2cc(S(=O)(=O)[O-])cc(O)c2c1N=Nc1ccccc1S(=O)(=O)NS(=O)(=O)c1ccccc1.[Na+]. The Kier molecular flexibility index (Phi) is 8.64. The summed E-state index contributed by atoms with van der Waals surface area (Å²) < 4.78 is 86.9. The number of nitrogens with zero attached hydrogens (tertiary/aromatic N) is 2. The summed E-state index contributed by atoms with van der Waals surface area (Å²) in [4.78, 5) is -1.45. The van der Waals surface area contributed by atoms with Crippen molar-refractivity contribution in [2.45, 2.75) is 14.7 Å². The van der Waals surface area contributed by atoms with E-state index in [1.807, 2.05) is 0 Å². The molecule has 4 aromatic rings. The summed E-state index contributed by atoms with van der Waals surface area (Å²) in [6.07, 6.45) is 0. The number of anilines is 1. The normalized spacial score (nSPS) is 12.4. The molecular weight excluding hydrogens is 567 g/mol. The molecule has 0 aliphatic carbocycles. The van der Waals surface area contributed by atoms with E-state index in [2.05, 4.69) is 10.2 Å². The van der Waals surface area contributed by atoms with Gasteiger partial charge in [-0.2, -0.15) is 0 Å². The number of aromatic hydroxyl groups is 1. The number of nitrogens with two attached hydrogens (primary N) is 1. The summed E-state index contributed by atoms with van der Waals surface area (Å²) in [5.74, 6) is -0.621. The summed E-state index contributed by atoms with van der Waals surface area (Å²) in [7, 11) is -14.0. The standard InChI is InChI=1S/C22H18N4O8S3.Na/c23-17-11-10-14-12-16(37(32,33)34)13-19(27)21(14)22(17)25-24-18-8-4-5-9-20(18)36(30,31)26-35(28,29)15-6-2-1-3-7-15;/h1-13,26-27H,23H2,(H,32,33,34);/q;+1/p-1. The molecule has 0 aliphatic heterocycles. The molecule has 0 aromatic heterocycles. The molecule has 0 saturated heterocycles.